The van der Waals surface area contributed by atoms with Crippen LogP contribution in [0.3, 0.4) is 0 Å². The first kappa shape index (κ1) is 25.3. The third-order valence-electron chi connectivity index (χ3n) is 7.43. The smallest absolute Gasteiger partial charge is 0.300 e. The average Bonchev–Trinajstić information content (AvgIpc) is 3.20. The Labute approximate surface area is 223 Å². The van der Waals surface area contributed by atoms with Crippen molar-refractivity contribution in [3.8, 4) is 0 Å². The number of fused-ring (bicyclic) bond motifs is 1. The fraction of sp³-hybridized carbons (Fsp3) is 0.212. The molecule has 0 spiro atoms. The Morgan fingerprint density at radius 3 is 2.21 bits per heavy atom. The molecular formula is C33H32N2O3. The van der Waals surface area contributed by atoms with Crippen LogP contribution in [0.25, 0.3) is 16.5 Å². The molecule has 0 aromatic heterocycles. The van der Waals surface area contributed by atoms with Crippen LogP contribution in [0.5, 0.6) is 0 Å². The number of carbonyl (C=O) groups is 2. The second-order valence-corrected chi connectivity index (χ2v) is 9.78. The molecule has 1 fully saturated rings. The van der Waals surface area contributed by atoms with Crippen molar-refractivity contribution in [3.05, 3.63) is 113 Å². The lowest BCUT2D eigenvalue weighted by atomic mass is 9.94. The maximum absolute atomic E-state index is 13.6. The molecule has 1 N–H and O–H groups in total. The van der Waals surface area contributed by atoms with Crippen molar-refractivity contribution in [1.29, 1.82) is 0 Å². The van der Waals surface area contributed by atoms with Crippen molar-refractivity contribution < 1.29 is 14.7 Å². The van der Waals surface area contributed by atoms with Crippen LogP contribution in [0, 0.1) is 13.8 Å². The summed E-state index contributed by atoms with van der Waals surface area (Å²) >= 11 is 0. The number of aliphatic hydroxyl groups excluding tert-OH is 1. The molecule has 4 aromatic rings. The number of benzene rings is 4. The van der Waals surface area contributed by atoms with Gasteiger partial charge >= 0.3 is 0 Å². The van der Waals surface area contributed by atoms with E-state index < -0.39 is 17.7 Å². The van der Waals surface area contributed by atoms with Crippen LogP contribution >= 0.6 is 0 Å². The Morgan fingerprint density at radius 2 is 1.53 bits per heavy atom. The molecule has 1 amide bonds. The Bertz CT molecular complexity index is 1570. The minimum absolute atomic E-state index is 0.0989. The lowest BCUT2D eigenvalue weighted by Crippen LogP contribution is -2.30. The Morgan fingerprint density at radius 1 is 0.842 bits per heavy atom. The van der Waals surface area contributed by atoms with Crippen LogP contribution in [0.4, 0.5) is 11.4 Å². The quantitative estimate of drug-likeness (QED) is 0.176. The number of anilines is 2. The second kappa shape index (κ2) is 10.2. The van der Waals surface area contributed by atoms with Crippen molar-refractivity contribution in [3.63, 3.8) is 0 Å². The molecule has 1 unspecified atom stereocenters. The third kappa shape index (κ3) is 4.34. The number of carbonyl (C=O) groups excluding carboxylic acids is 2. The summed E-state index contributed by atoms with van der Waals surface area (Å²) in [7, 11) is 0. The van der Waals surface area contributed by atoms with Gasteiger partial charge in [-0.3, -0.25) is 14.5 Å². The highest BCUT2D eigenvalue weighted by molar-refractivity contribution is 6.51. The van der Waals surface area contributed by atoms with Crippen LogP contribution in [-0.4, -0.2) is 29.9 Å². The van der Waals surface area contributed by atoms with Gasteiger partial charge in [-0.1, -0.05) is 60.7 Å². The van der Waals surface area contributed by atoms with Gasteiger partial charge in [0.1, 0.15) is 5.76 Å². The Kier molecular flexibility index (Phi) is 6.77. The monoisotopic (exact) mass is 504 g/mol. The molecule has 0 radical (unpaired) electrons. The topological polar surface area (TPSA) is 60.9 Å². The SMILES string of the molecule is CCN(CC)c1ccc(C2/C(=C(/O)c3ccc4ccccc4c3)C(=O)C(=O)N2c2cc(C)ccc2C)cc1. The zero-order valence-electron chi connectivity index (χ0n) is 22.2. The first-order valence-electron chi connectivity index (χ1n) is 13.1. The van der Waals surface area contributed by atoms with Crippen LogP contribution in [0.2, 0.25) is 0 Å². The van der Waals surface area contributed by atoms with Crippen molar-refractivity contribution >= 4 is 39.6 Å². The summed E-state index contributed by atoms with van der Waals surface area (Å²) in [5.74, 6) is -1.49. The maximum atomic E-state index is 13.6. The summed E-state index contributed by atoms with van der Waals surface area (Å²) in [6, 6.07) is 26.5. The number of aryl methyl sites for hydroxylation is 2. The predicted molar refractivity (Wildman–Crippen MR) is 155 cm³/mol. The number of hydrogen-bond acceptors (Lipinski definition) is 4. The second-order valence-electron chi connectivity index (χ2n) is 9.78. The molecule has 1 atom stereocenters. The van der Waals surface area contributed by atoms with Crippen LogP contribution in [-0.2, 0) is 9.59 Å². The minimum Gasteiger partial charge on any atom is -0.507 e. The van der Waals surface area contributed by atoms with E-state index in [-0.39, 0.29) is 11.3 Å². The van der Waals surface area contributed by atoms with E-state index in [1.54, 1.807) is 11.0 Å². The Balaban J connectivity index is 1.71. The molecule has 0 aliphatic carbocycles. The number of Topliss-reactive ketones (excluding diaryl/α,β-unsaturated/α-hetero) is 1. The molecule has 0 bridgehead atoms. The summed E-state index contributed by atoms with van der Waals surface area (Å²) < 4.78 is 0. The number of aliphatic hydroxyl groups is 1. The maximum Gasteiger partial charge on any atom is 0.300 e. The first-order chi connectivity index (χ1) is 18.3. The summed E-state index contributed by atoms with van der Waals surface area (Å²) in [5.41, 5.74) is 4.97. The lowest BCUT2D eigenvalue weighted by molar-refractivity contribution is -0.132. The van der Waals surface area contributed by atoms with Crippen molar-refractivity contribution in [1.82, 2.24) is 0 Å². The molecule has 4 aromatic carbocycles. The van der Waals surface area contributed by atoms with Gasteiger partial charge in [0.05, 0.1) is 11.6 Å². The first-order valence-corrected chi connectivity index (χ1v) is 13.1. The van der Waals surface area contributed by atoms with E-state index in [2.05, 4.69) is 18.7 Å². The van der Waals surface area contributed by atoms with E-state index in [0.29, 0.717) is 11.3 Å². The average molecular weight is 505 g/mol. The van der Waals surface area contributed by atoms with Gasteiger partial charge in [0.15, 0.2) is 0 Å². The van der Waals surface area contributed by atoms with E-state index in [0.717, 1.165) is 46.2 Å². The van der Waals surface area contributed by atoms with Crippen molar-refractivity contribution in [2.45, 2.75) is 33.7 Å². The lowest BCUT2D eigenvalue weighted by Gasteiger charge is -2.28. The van der Waals surface area contributed by atoms with Gasteiger partial charge in [-0.15, -0.1) is 0 Å². The van der Waals surface area contributed by atoms with Crippen LogP contribution in [0.15, 0.2) is 90.5 Å². The van der Waals surface area contributed by atoms with Gasteiger partial charge in [-0.2, -0.15) is 0 Å². The number of amides is 1. The van der Waals surface area contributed by atoms with Gasteiger partial charge in [-0.25, -0.2) is 0 Å². The molecule has 192 valence electrons. The summed E-state index contributed by atoms with van der Waals surface area (Å²) in [4.78, 5) is 31.0. The molecule has 38 heavy (non-hydrogen) atoms. The van der Waals surface area contributed by atoms with Crippen LogP contribution in [0.1, 0.15) is 42.1 Å². The molecule has 0 saturated carbocycles. The van der Waals surface area contributed by atoms with Gasteiger partial charge in [0.25, 0.3) is 11.7 Å². The van der Waals surface area contributed by atoms with Gasteiger partial charge in [-0.05, 0) is 79.4 Å². The molecule has 5 heteroatoms. The normalized spacial score (nSPS) is 16.8. The molecule has 5 nitrogen and oxygen atoms in total. The molecule has 1 saturated heterocycles. The van der Waals surface area contributed by atoms with E-state index in [9.17, 15) is 14.7 Å². The third-order valence-corrected chi connectivity index (χ3v) is 7.43. The summed E-state index contributed by atoms with van der Waals surface area (Å²) in [6.07, 6.45) is 0. The predicted octanol–water partition coefficient (Wildman–Crippen LogP) is 6.93. The van der Waals surface area contributed by atoms with Gasteiger partial charge < -0.3 is 10.0 Å². The fourth-order valence-electron chi connectivity index (χ4n) is 5.32. The number of ketones is 1. The highest BCUT2D eigenvalue weighted by atomic mass is 16.3. The van der Waals surface area contributed by atoms with E-state index >= 15 is 0 Å². The highest BCUT2D eigenvalue weighted by Crippen LogP contribution is 2.43. The van der Waals surface area contributed by atoms with E-state index in [4.69, 9.17) is 0 Å². The fourth-order valence-corrected chi connectivity index (χ4v) is 5.32. The minimum atomic E-state index is -0.757. The summed E-state index contributed by atoms with van der Waals surface area (Å²) in [5, 5.41) is 13.6. The van der Waals surface area contributed by atoms with Gasteiger partial charge in [0, 0.05) is 30.0 Å². The molecule has 1 aliphatic heterocycles. The molecule has 5 rings (SSSR count). The van der Waals surface area contributed by atoms with E-state index in [1.165, 1.54) is 0 Å². The van der Waals surface area contributed by atoms with Crippen molar-refractivity contribution in [2.24, 2.45) is 0 Å². The Hall–Kier alpha value is -4.38. The highest BCUT2D eigenvalue weighted by Gasteiger charge is 2.47. The molecule has 1 aliphatic rings. The molecule has 1 heterocycles. The molecular weight excluding hydrogens is 472 g/mol. The van der Waals surface area contributed by atoms with E-state index in [1.807, 2.05) is 92.7 Å². The number of hydrogen-bond donors (Lipinski definition) is 1. The number of rotatable bonds is 6. The summed E-state index contributed by atoms with van der Waals surface area (Å²) in [6.45, 7) is 9.85. The van der Waals surface area contributed by atoms with Gasteiger partial charge in [0.2, 0.25) is 0 Å². The van der Waals surface area contributed by atoms with Crippen LogP contribution < -0.4 is 9.80 Å². The zero-order chi connectivity index (χ0) is 27.0. The van der Waals surface area contributed by atoms with Crippen molar-refractivity contribution in [2.75, 3.05) is 22.9 Å². The number of nitrogens with zero attached hydrogens (tertiary/aromatic N) is 2. The largest absolute Gasteiger partial charge is 0.507 e. The zero-order valence-corrected chi connectivity index (χ0v) is 22.2. The standard InChI is InChI=1S/C33H32N2O3/c1-5-34(6-2)27-17-15-24(16-18-27)30-29(31(36)26-14-13-23-9-7-8-10-25(23)20-26)32(37)33(38)35(30)28-19-21(3)11-12-22(28)4/h7-20,30,36H,5-6H2,1-4H3/b31-29-.